The standard InChI is InChI=1S/C24H29N3O6S/c1-3-4-11-27-21-16-19(7-10-22(21)33-17(2)24(27)29)25-23(28)18-5-8-20(9-6-18)34(30,31)26-12-14-32-15-13-26/h5-10,16-17H,3-4,11-15H2,1-2H3,(H,25,28). The summed E-state index contributed by atoms with van der Waals surface area (Å²) in [6, 6.07) is 11.0. The first-order chi connectivity index (χ1) is 16.3. The fourth-order valence-electron chi connectivity index (χ4n) is 3.95. The fourth-order valence-corrected chi connectivity index (χ4v) is 5.36. The lowest BCUT2D eigenvalue weighted by atomic mass is 10.1. The quantitative estimate of drug-likeness (QED) is 0.644. The highest BCUT2D eigenvalue weighted by Gasteiger charge is 2.31. The fraction of sp³-hybridized carbons (Fsp3) is 0.417. The predicted octanol–water partition coefficient (Wildman–Crippen LogP) is 2.87. The third-order valence-corrected chi connectivity index (χ3v) is 7.80. The summed E-state index contributed by atoms with van der Waals surface area (Å²) in [5.74, 6) is 0.104. The van der Waals surface area contributed by atoms with Crippen LogP contribution in [0.1, 0.15) is 37.0 Å². The Bertz CT molecular complexity index is 1160. The Labute approximate surface area is 199 Å². The van der Waals surface area contributed by atoms with E-state index in [0.717, 1.165) is 12.8 Å². The van der Waals surface area contributed by atoms with Crippen molar-refractivity contribution in [3.05, 3.63) is 48.0 Å². The van der Waals surface area contributed by atoms with Crippen LogP contribution in [0.5, 0.6) is 5.75 Å². The highest BCUT2D eigenvalue weighted by atomic mass is 32.2. The maximum absolute atomic E-state index is 12.8. The molecule has 0 bridgehead atoms. The number of carbonyl (C=O) groups is 2. The number of amides is 2. The third kappa shape index (κ3) is 4.94. The molecule has 0 aromatic heterocycles. The van der Waals surface area contributed by atoms with Gasteiger partial charge in [0.05, 0.1) is 23.8 Å². The van der Waals surface area contributed by atoms with Crippen LogP contribution in [0.15, 0.2) is 47.4 Å². The molecule has 182 valence electrons. The predicted molar refractivity (Wildman–Crippen MR) is 128 cm³/mol. The molecule has 4 rings (SSSR count). The first kappa shape index (κ1) is 24.2. The molecule has 2 amide bonds. The van der Waals surface area contributed by atoms with E-state index in [0.29, 0.717) is 55.5 Å². The van der Waals surface area contributed by atoms with Crippen LogP contribution in [0.4, 0.5) is 11.4 Å². The Morgan fingerprint density at radius 3 is 2.50 bits per heavy atom. The molecular weight excluding hydrogens is 458 g/mol. The van der Waals surface area contributed by atoms with Gasteiger partial charge >= 0.3 is 0 Å². The topological polar surface area (TPSA) is 105 Å². The van der Waals surface area contributed by atoms with Crippen LogP contribution >= 0.6 is 0 Å². The normalized spacial score (nSPS) is 18.8. The average Bonchev–Trinajstić information content (AvgIpc) is 2.85. The van der Waals surface area contributed by atoms with Crippen LogP contribution in [0.25, 0.3) is 0 Å². The molecule has 10 heteroatoms. The van der Waals surface area contributed by atoms with E-state index in [1.807, 2.05) is 0 Å². The van der Waals surface area contributed by atoms with Gasteiger partial charge in [-0.15, -0.1) is 0 Å². The lowest BCUT2D eigenvalue weighted by molar-refractivity contribution is -0.125. The van der Waals surface area contributed by atoms with Gasteiger partial charge in [-0.05, 0) is 55.8 Å². The first-order valence-corrected chi connectivity index (χ1v) is 12.9. The van der Waals surface area contributed by atoms with Crippen LogP contribution in [0, 0.1) is 0 Å². The molecule has 9 nitrogen and oxygen atoms in total. The molecule has 0 aliphatic carbocycles. The van der Waals surface area contributed by atoms with Crippen LogP contribution in [0.3, 0.4) is 0 Å². The lowest BCUT2D eigenvalue weighted by Gasteiger charge is -2.33. The van der Waals surface area contributed by atoms with E-state index in [4.69, 9.17) is 9.47 Å². The number of morpholine rings is 1. The number of anilines is 2. The monoisotopic (exact) mass is 487 g/mol. The summed E-state index contributed by atoms with van der Waals surface area (Å²) >= 11 is 0. The third-order valence-electron chi connectivity index (χ3n) is 5.88. The summed E-state index contributed by atoms with van der Waals surface area (Å²) in [6.45, 7) is 5.71. The summed E-state index contributed by atoms with van der Waals surface area (Å²) < 4.78 is 37.9. The smallest absolute Gasteiger partial charge is 0.267 e. The molecule has 2 aliphatic rings. The number of carbonyl (C=O) groups excluding carboxylic acids is 2. The van der Waals surface area contributed by atoms with E-state index >= 15 is 0 Å². The number of sulfonamides is 1. The second-order valence-electron chi connectivity index (χ2n) is 8.28. The molecule has 0 radical (unpaired) electrons. The number of hydrogen-bond acceptors (Lipinski definition) is 6. The number of hydrogen-bond donors (Lipinski definition) is 1. The highest BCUT2D eigenvalue weighted by molar-refractivity contribution is 7.89. The minimum atomic E-state index is -3.63. The number of ether oxygens (including phenoxy) is 2. The van der Waals surface area contributed by atoms with E-state index in [1.54, 1.807) is 30.0 Å². The summed E-state index contributed by atoms with van der Waals surface area (Å²) in [5, 5.41) is 2.82. The van der Waals surface area contributed by atoms with Gasteiger partial charge in [-0.2, -0.15) is 4.31 Å². The second-order valence-corrected chi connectivity index (χ2v) is 10.2. The number of benzene rings is 2. The number of unbranched alkanes of at least 4 members (excludes halogenated alkanes) is 1. The van der Waals surface area contributed by atoms with Crippen molar-refractivity contribution < 1.29 is 27.5 Å². The molecular formula is C24H29N3O6S. The van der Waals surface area contributed by atoms with Gasteiger partial charge in [0.15, 0.2) is 6.10 Å². The van der Waals surface area contributed by atoms with E-state index < -0.39 is 16.1 Å². The van der Waals surface area contributed by atoms with E-state index in [1.165, 1.54) is 28.6 Å². The molecule has 0 saturated carbocycles. The minimum absolute atomic E-state index is 0.110. The minimum Gasteiger partial charge on any atom is -0.479 e. The van der Waals surface area contributed by atoms with Crippen LogP contribution in [0.2, 0.25) is 0 Å². The molecule has 2 aromatic rings. The first-order valence-electron chi connectivity index (χ1n) is 11.4. The van der Waals surface area contributed by atoms with Gasteiger partial charge in [-0.3, -0.25) is 9.59 Å². The summed E-state index contributed by atoms with van der Waals surface area (Å²) in [7, 11) is -3.63. The van der Waals surface area contributed by atoms with Crippen molar-refractivity contribution in [2.24, 2.45) is 0 Å². The second kappa shape index (κ2) is 10.1. The van der Waals surface area contributed by atoms with Gasteiger partial charge in [-0.1, -0.05) is 13.3 Å². The van der Waals surface area contributed by atoms with E-state index in [2.05, 4.69) is 12.2 Å². The van der Waals surface area contributed by atoms with Crippen molar-refractivity contribution in [2.75, 3.05) is 43.1 Å². The molecule has 1 atom stereocenters. The Hall–Kier alpha value is -2.95. The number of nitrogens with zero attached hydrogens (tertiary/aromatic N) is 2. The highest BCUT2D eigenvalue weighted by Crippen LogP contribution is 2.36. The van der Waals surface area contributed by atoms with Crippen LogP contribution in [-0.4, -0.2) is 63.5 Å². The van der Waals surface area contributed by atoms with Crippen molar-refractivity contribution >= 4 is 33.2 Å². The SMILES string of the molecule is CCCCN1C(=O)C(C)Oc2ccc(NC(=O)c3ccc(S(=O)(=O)N4CCOCC4)cc3)cc21. The van der Waals surface area contributed by atoms with Crippen molar-refractivity contribution in [3.63, 3.8) is 0 Å². The van der Waals surface area contributed by atoms with Crippen molar-refractivity contribution in [2.45, 2.75) is 37.7 Å². The number of fused-ring (bicyclic) bond motifs is 1. The average molecular weight is 488 g/mol. The molecule has 2 heterocycles. The van der Waals surface area contributed by atoms with Crippen LogP contribution < -0.4 is 15.0 Å². The van der Waals surface area contributed by atoms with Gasteiger partial charge in [0.2, 0.25) is 10.0 Å². The van der Waals surface area contributed by atoms with Gasteiger partial charge in [-0.25, -0.2) is 8.42 Å². The van der Waals surface area contributed by atoms with Crippen LogP contribution in [-0.2, 0) is 19.6 Å². The Morgan fingerprint density at radius 1 is 1.12 bits per heavy atom. The van der Waals surface area contributed by atoms with Gasteiger partial charge < -0.3 is 19.7 Å². The van der Waals surface area contributed by atoms with E-state index in [-0.39, 0.29) is 16.7 Å². The Balaban J connectivity index is 1.50. The van der Waals surface area contributed by atoms with Gasteiger partial charge in [0.25, 0.3) is 11.8 Å². The number of nitrogens with one attached hydrogen (secondary N) is 1. The Morgan fingerprint density at radius 2 is 1.82 bits per heavy atom. The van der Waals surface area contributed by atoms with Crippen molar-refractivity contribution in [1.29, 1.82) is 0 Å². The molecule has 1 saturated heterocycles. The zero-order valence-electron chi connectivity index (χ0n) is 19.3. The molecule has 2 aromatic carbocycles. The van der Waals surface area contributed by atoms with Gasteiger partial charge in [0, 0.05) is 30.9 Å². The zero-order chi connectivity index (χ0) is 24.3. The maximum atomic E-state index is 12.8. The molecule has 1 unspecified atom stereocenters. The summed E-state index contributed by atoms with van der Waals surface area (Å²) in [6.07, 6.45) is 1.24. The van der Waals surface area contributed by atoms with E-state index in [9.17, 15) is 18.0 Å². The molecule has 34 heavy (non-hydrogen) atoms. The molecule has 1 fully saturated rings. The molecule has 0 spiro atoms. The largest absolute Gasteiger partial charge is 0.479 e. The lowest BCUT2D eigenvalue weighted by Crippen LogP contribution is -2.44. The number of rotatable bonds is 7. The Kier molecular flexibility index (Phi) is 7.20. The van der Waals surface area contributed by atoms with Gasteiger partial charge in [0.1, 0.15) is 5.75 Å². The maximum Gasteiger partial charge on any atom is 0.267 e. The summed E-state index contributed by atoms with van der Waals surface area (Å²) in [5.41, 5.74) is 1.46. The van der Waals surface area contributed by atoms with Crippen molar-refractivity contribution in [1.82, 2.24) is 4.31 Å². The molecule has 2 aliphatic heterocycles. The summed E-state index contributed by atoms with van der Waals surface area (Å²) in [4.78, 5) is 27.3. The van der Waals surface area contributed by atoms with Crippen molar-refractivity contribution in [3.8, 4) is 5.75 Å². The zero-order valence-corrected chi connectivity index (χ0v) is 20.1. The molecule has 1 N–H and O–H groups in total.